The Balaban J connectivity index is 1.44. The monoisotopic (exact) mass is 326 g/mol. The standard InChI is InChI=1S/C19H22N2O3/c22-19(17-7-4-11-21(17)14-8-9-14)20-16-13-23-12-10-18(16)24-15-5-2-1-3-6-15/h1-7,11,14,16,18H,8-10,12-13H2,(H,20,22)/t16-,18+/m1/s1. The second-order valence-electron chi connectivity index (χ2n) is 6.44. The molecule has 2 aliphatic rings. The Labute approximate surface area is 141 Å². The highest BCUT2D eigenvalue weighted by Crippen LogP contribution is 2.36. The van der Waals surface area contributed by atoms with E-state index in [0.29, 0.717) is 19.3 Å². The highest BCUT2D eigenvalue weighted by atomic mass is 16.5. The van der Waals surface area contributed by atoms with Gasteiger partial charge in [0.25, 0.3) is 5.91 Å². The first-order chi connectivity index (χ1) is 11.8. The van der Waals surface area contributed by atoms with Crippen molar-refractivity contribution in [2.24, 2.45) is 0 Å². The van der Waals surface area contributed by atoms with Gasteiger partial charge in [0.1, 0.15) is 17.5 Å². The van der Waals surface area contributed by atoms with Crippen LogP contribution in [0.15, 0.2) is 48.7 Å². The van der Waals surface area contributed by atoms with Crippen LogP contribution in [-0.4, -0.2) is 35.8 Å². The number of ether oxygens (including phenoxy) is 2. The number of amides is 1. The maximum Gasteiger partial charge on any atom is 0.268 e. The van der Waals surface area contributed by atoms with Crippen LogP contribution < -0.4 is 10.1 Å². The van der Waals surface area contributed by atoms with E-state index in [9.17, 15) is 4.79 Å². The third-order valence-electron chi connectivity index (χ3n) is 4.59. The van der Waals surface area contributed by atoms with Gasteiger partial charge in [-0.3, -0.25) is 4.79 Å². The number of nitrogens with zero attached hydrogens (tertiary/aromatic N) is 1. The largest absolute Gasteiger partial charge is 0.488 e. The lowest BCUT2D eigenvalue weighted by atomic mass is 10.1. The molecule has 0 radical (unpaired) electrons. The molecular weight excluding hydrogens is 304 g/mol. The molecule has 1 aliphatic heterocycles. The van der Waals surface area contributed by atoms with Crippen molar-refractivity contribution < 1.29 is 14.3 Å². The second kappa shape index (κ2) is 6.69. The minimum Gasteiger partial charge on any atom is -0.488 e. The molecule has 2 heterocycles. The first-order valence-corrected chi connectivity index (χ1v) is 8.58. The van der Waals surface area contributed by atoms with Gasteiger partial charge in [-0.1, -0.05) is 18.2 Å². The van der Waals surface area contributed by atoms with Crippen LogP contribution in [0.3, 0.4) is 0 Å². The van der Waals surface area contributed by atoms with Gasteiger partial charge in [-0.15, -0.1) is 0 Å². The number of hydrogen-bond donors (Lipinski definition) is 1. The van der Waals surface area contributed by atoms with E-state index in [2.05, 4.69) is 9.88 Å². The Kier molecular flexibility index (Phi) is 4.26. The third-order valence-corrected chi connectivity index (χ3v) is 4.59. The number of rotatable bonds is 5. The molecule has 1 amide bonds. The van der Waals surface area contributed by atoms with Crippen molar-refractivity contribution in [3.05, 3.63) is 54.4 Å². The van der Waals surface area contributed by atoms with E-state index >= 15 is 0 Å². The van der Waals surface area contributed by atoms with Gasteiger partial charge >= 0.3 is 0 Å². The molecule has 0 bridgehead atoms. The lowest BCUT2D eigenvalue weighted by molar-refractivity contribution is -0.00299. The van der Waals surface area contributed by atoms with E-state index in [1.807, 2.05) is 48.7 Å². The molecular formula is C19H22N2O3. The van der Waals surface area contributed by atoms with Crippen LogP contribution in [0.5, 0.6) is 5.75 Å². The van der Waals surface area contributed by atoms with Gasteiger partial charge in [-0.05, 0) is 37.1 Å². The quantitative estimate of drug-likeness (QED) is 0.919. The number of benzene rings is 1. The molecule has 5 heteroatoms. The number of para-hydroxylation sites is 1. The summed E-state index contributed by atoms with van der Waals surface area (Å²) in [5, 5.41) is 3.10. The van der Waals surface area contributed by atoms with Crippen LogP contribution in [0.2, 0.25) is 0 Å². The fourth-order valence-electron chi connectivity index (χ4n) is 3.17. The third kappa shape index (κ3) is 3.31. The van der Waals surface area contributed by atoms with Gasteiger partial charge in [-0.25, -0.2) is 0 Å². The molecule has 2 aromatic rings. The zero-order valence-electron chi connectivity index (χ0n) is 13.6. The van der Waals surface area contributed by atoms with Crippen molar-refractivity contribution in [3.63, 3.8) is 0 Å². The summed E-state index contributed by atoms with van der Waals surface area (Å²) in [7, 11) is 0. The summed E-state index contributed by atoms with van der Waals surface area (Å²) in [5.74, 6) is 0.772. The maximum atomic E-state index is 12.7. The van der Waals surface area contributed by atoms with Crippen LogP contribution in [0.1, 0.15) is 35.8 Å². The van der Waals surface area contributed by atoms with Crippen LogP contribution in [0.25, 0.3) is 0 Å². The summed E-state index contributed by atoms with van der Waals surface area (Å²) in [4.78, 5) is 12.7. The number of aromatic nitrogens is 1. The molecule has 126 valence electrons. The van der Waals surface area contributed by atoms with E-state index in [1.165, 1.54) is 0 Å². The Bertz CT molecular complexity index is 694. The molecule has 2 atom stereocenters. The Morgan fingerprint density at radius 1 is 1.12 bits per heavy atom. The Morgan fingerprint density at radius 3 is 2.75 bits per heavy atom. The SMILES string of the molecule is O=C(N[C@@H]1COCC[C@@H]1Oc1ccccc1)c1cccn1C1CC1. The second-order valence-corrected chi connectivity index (χ2v) is 6.44. The average Bonchev–Trinajstić information content (AvgIpc) is 3.34. The molecule has 1 saturated heterocycles. The zero-order valence-corrected chi connectivity index (χ0v) is 13.6. The van der Waals surface area contributed by atoms with Crippen molar-refractivity contribution in [2.45, 2.75) is 37.5 Å². The normalized spacial score (nSPS) is 23.7. The highest BCUT2D eigenvalue weighted by Gasteiger charge is 2.31. The lowest BCUT2D eigenvalue weighted by Crippen LogP contribution is -2.52. The number of carbonyl (C=O) groups is 1. The first-order valence-electron chi connectivity index (χ1n) is 8.58. The van der Waals surface area contributed by atoms with E-state index in [0.717, 1.165) is 30.7 Å². The van der Waals surface area contributed by atoms with Gasteiger partial charge in [0.15, 0.2) is 0 Å². The van der Waals surface area contributed by atoms with Crippen molar-refractivity contribution in [1.29, 1.82) is 0 Å². The molecule has 1 aromatic heterocycles. The molecule has 0 spiro atoms. The lowest BCUT2D eigenvalue weighted by Gasteiger charge is -2.32. The Hall–Kier alpha value is -2.27. The summed E-state index contributed by atoms with van der Waals surface area (Å²) in [6.07, 6.45) is 4.99. The smallest absolute Gasteiger partial charge is 0.268 e. The number of hydrogen-bond acceptors (Lipinski definition) is 3. The summed E-state index contributed by atoms with van der Waals surface area (Å²) in [5.41, 5.74) is 0.724. The minimum absolute atomic E-state index is 0.0518. The average molecular weight is 326 g/mol. The molecule has 1 N–H and O–H groups in total. The molecule has 1 saturated carbocycles. The van der Waals surface area contributed by atoms with Crippen molar-refractivity contribution >= 4 is 5.91 Å². The molecule has 24 heavy (non-hydrogen) atoms. The zero-order chi connectivity index (χ0) is 16.4. The Morgan fingerprint density at radius 2 is 1.96 bits per heavy atom. The van der Waals surface area contributed by atoms with Gasteiger partial charge in [-0.2, -0.15) is 0 Å². The summed E-state index contributed by atoms with van der Waals surface area (Å²) in [6, 6.07) is 13.9. The molecule has 2 fully saturated rings. The molecule has 1 aromatic carbocycles. The van der Waals surface area contributed by atoms with E-state index in [4.69, 9.17) is 9.47 Å². The van der Waals surface area contributed by atoms with Gasteiger partial charge in [0, 0.05) is 18.7 Å². The van der Waals surface area contributed by atoms with Gasteiger partial charge < -0.3 is 19.4 Å². The van der Waals surface area contributed by atoms with Gasteiger partial charge in [0.2, 0.25) is 0 Å². The van der Waals surface area contributed by atoms with Crippen molar-refractivity contribution in [1.82, 2.24) is 9.88 Å². The van der Waals surface area contributed by atoms with Crippen molar-refractivity contribution in [2.75, 3.05) is 13.2 Å². The van der Waals surface area contributed by atoms with Gasteiger partial charge in [0.05, 0.1) is 19.3 Å². The molecule has 1 aliphatic carbocycles. The predicted molar refractivity (Wildman–Crippen MR) is 90.3 cm³/mol. The fraction of sp³-hybridized carbons (Fsp3) is 0.421. The molecule has 4 rings (SSSR count). The van der Waals surface area contributed by atoms with Crippen LogP contribution >= 0.6 is 0 Å². The fourth-order valence-corrected chi connectivity index (χ4v) is 3.17. The van der Waals surface area contributed by atoms with Crippen LogP contribution in [0.4, 0.5) is 0 Å². The first kappa shape index (κ1) is 15.3. The highest BCUT2D eigenvalue weighted by molar-refractivity contribution is 5.93. The predicted octanol–water partition coefficient (Wildman–Crippen LogP) is 2.79. The van der Waals surface area contributed by atoms with Crippen molar-refractivity contribution in [3.8, 4) is 5.75 Å². The summed E-state index contributed by atoms with van der Waals surface area (Å²) >= 11 is 0. The number of nitrogens with one attached hydrogen (secondary N) is 1. The number of carbonyl (C=O) groups excluding carboxylic acids is 1. The summed E-state index contributed by atoms with van der Waals surface area (Å²) < 4.78 is 13.7. The topological polar surface area (TPSA) is 52.5 Å². The van der Waals surface area contributed by atoms with E-state index in [-0.39, 0.29) is 18.1 Å². The van der Waals surface area contributed by atoms with E-state index < -0.39 is 0 Å². The minimum atomic E-state index is -0.144. The maximum absolute atomic E-state index is 12.7. The molecule has 0 unspecified atom stereocenters. The summed E-state index contributed by atoms with van der Waals surface area (Å²) in [6.45, 7) is 1.13. The van der Waals surface area contributed by atoms with Crippen LogP contribution in [-0.2, 0) is 4.74 Å². The van der Waals surface area contributed by atoms with Crippen LogP contribution in [0, 0.1) is 0 Å². The van der Waals surface area contributed by atoms with E-state index in [1.54, 1.807) is 0 Å². The molecule has 5 nitrogen and oxygen atoms in total.